The molecule has 0 spiro atoms. The molecule has 15 heteroatoms. The van der Waals surface area contributed by atoms with Gasteiger partial charge < -0.3 is 15.3 Å². The number of carbonyl (C=O) groups is 2. The maximum absolute atomic E-state index is 15.5. The van der Waals surface area contributed by atoms with Gasteiger partial charge >= 0.3 is 12.4 Å². The Bertz CT molecular complexity index is 1260. The largest absolute Gasteiger partial charge is 0.406 e. The van der Waals surface area contributed by atoms with Crippen molar-refractivity contribution in [3.05, 3.63) is 39.2 Å². The van der Waals surface area contributed by atoms with E-state index >= 15 is 4.39 Å². The van der Waals surface area contributed by atoms with E-state index in [4.69, 9.17) is 11.6 Å². The zero-order valence-electron chi connectivity index (χ0n) is 21.2. The number of hydrogen-bond acceptors (Lipinski definition) is 5. The predicted octanol–water partition coefficient (Wildman–Crippen LogP) is 6.11. The molecular weight excluding hydrogens is 579 g/mol. The van der Waals surface area contributed by atoms with Crippen LogP contribution in [-0.4, -0.2) is 63.9 Å². The van der Waals surface area contributed by atoms with Gasteiger partial charge in [-0.25, -0.2) is 9.37 Å². The first kappa shape index (κ1) is 31.1. The van der Waals surface area contributed by atoms with Gasteiger partial charge in [0.2, 0.25) is 0 Å². The van der Waals surface area contributed by atoms with Crippen LogP contribution in [0.25, 0.3) is 10.4 Å². The molecule has 2 amide bonds. The Morgan fingerprint density at radius 2 is 1.74 bits per heavy atom. The molecule has 0 radical (unpaired) electrons. The number of nitrogens with zero attached hydrogens (tertiary/aromatic N) is 2. The summed E-state index contributed by atoms with van der Waals surface area (Å²) in [4.78, 5) is 31.2. The van der Waals surface area contributed by atoms with Crippen molar-refractivity contribution in [1.82, 2.24) is 15.2 Å². The van der Waals surface area contributed by atoms with E-state index in [0.29, 0.717) is 42.9 Å². The molecule has 2 aromatic rings. The lowest BCUT2D eigenvalue weighted by molar-refractivity contribution is -0.297. The highest BCUT2D eigenvalue weighted by atomic mass is 35.5. The molecule has 1 aliphatic rings. The highest BCUT2D eigenvalue weighted by Crippen LogP contribution is 2.54. The first-order chi connectivity index (χ1) is 17.7. The number of carbonyl (C=O) groups excluding carboxylic acids is 2. The summed E-state index contributed by atoms with van der Waals surface area (Å²) in [5.41, 5.74) is -8.35. The molecular formula is C24H25ClF7N3O3S. The van der Waals surface area contributed by atoms with Crippen LogP contribution in [0.2, 0.25) is 5.02 Å². The van der Waals surface area contributed by atoms with E-state index in [2.05, 4.69) is 10.3 Å². The van der Waals surface area contributed by atoms with E-state index in [0.717, 1.165) is 0 Å². The quantitative estimate of drug-likeness (QED) is 0.391. The monoisotopic (exact) mass is 603 g/mol. The highest BCUT2D eigenvalue weighted by molar-refractivity contribution is 7.17. The van der Waals surface area contributed by atoms with Gasteiger partial charge in [-0.2, -0.15) is 26.3 Å². The maximum atomic E-state index is 15.5. The molecule has 0 unspecified atom stereocenters. The number of thiazole rings is 1. The summed E-state index contributed by atoms with van der Waals surface area (Å²) in [5.74, 6) is -3.16. The molecule has 1 aromatic carbocycles. The molecule has 0 saturated carbocycles. The third-order valence-corrected chi connectivity index (χ3v) is 7.98. The number of halogens is 8. The summed E-state index contributed by atoms with van der Waals surface area (Å²) in [6.07, 6.45) is -10.4. The molecule has 2 heterocycles. The van der Waals surface area contributed by atoms with E-state index in [1.54, 1.807) is 6.92 Å². The normalized spacial score (nSPS) is 17.1. The van der Waals surface area contributed by atoms with Crippen LogP contribution in [0.5, 0.6) is 0 Å². The van der Waals surface area contributed by atoms with E-state index < -0.39 is 62.8 Å². The molecule has 216 valence electrons. The van der Waals surface area contributed by atoms with Gasteiger partial charge in [-0.1, -0.05) is 23.7 Å². The van der Waals surface area contributed by atoms with Gasteiger partial charge in [0.15, 0.2) is 16.2 Å². The van der Waals surface area contributed by atoms with Crippen LogP contribution in [-0.2, 0) is 5.41 Å². The number of likely N-dealkylation sites (tertiary alicyclic amines) is 1. The number of alkyl halides is 6. The van der Waals surface area contributed by atoms with Crippen LogP contribution in [0.4, 0.5) is 30.7 Å². The number of nitrogens with one attached hydrogen (secondary N) is 1. The fourth-order valence-electron chi connectivity index (χ4n) is 4.07. The zero-order chi connectivity index (χ0) is 29.7. The summed E-state index contributed by atoms with van der Waals surface area (Å²) in [7, 11) is 0. The summed E-state index contributed by atoms with van der Waals surface area (Å²) in [5, 5.41) is 10.5. The highest BCUT2D eigenvalue weighted by Gasteiger charge is 2.69. The zero-order valence-corrected chi connectivity index (χ0v) is 22.7. The number of rotatable bonds is 6. The number of aromatic nitrogens is 1. The fourth-order valence-corrected chi connectivity index (χ4v) is 5.41. The third-order valence-electron chi connectivity index (χ3n) is 6.52. The molecule has 2 N–H and O–H groups in total. The fraction of sp³-hybridized carbons (Fsp3) is 0.542. The van der Waals surface area contributed by atoms with Crippen molar-refractivity contribution in [3.63, 3.8) is 0 Å². The van der Waals surface area contributed by atoms with Gasteiger partial charge in [-0.05, 0) is 46.1 Å². The average Bonchev–Trinajstić information content (AvgIpc) is 3.43. The molecule has 0 bridgehead atoms. The molecule has 3 rings (SSSR count). The van der Waals surface area contributed by atoms with Crippen molar-refractivity contribution in [3.8, 4) is 10.4 Å². The Balaban J connectivity index is 2.19. The van der Waals surface area contributed by atoms with Gasteiger partial charge in [0.25, 0.3) is 11.8 Å². The van der Waals surface area contributed by atoms with Crippen LogP contribution in [0.1, 0.15) is 66.4 Å². The third kappa shape index (κ3) is 5.87. The van der Waals surface area contributed by atoms with Crippen molar-refractivity contribution in [1.29, 1.82) is 0 Å². The molecule has 1 saturated heterocycles. The van der Waals surface area contributed by atoms with Crippen molar-refractivity contribution < 1.29 is 45.4 Å². The topological polar surface area (TPSA) is 82.5 Å². The Kier molecular flexibility index (Phi) is 8.37. The molecule has 1 aromatic heterocycles. The lowest BCUT2D eigenvalue weighted by Crippen LogP contribution is -2.51. The first-order valence-electron chi connectivity index (χ1n) is 11.7. The minimum atomic E-state index is -5.87. The Morgan fingerprint density at radius 3 is 2.23 bits per heavy atom. The van der Waals surface area contributed by atoms with Gasteiger partial charge in [-0.3, -0.25) is 9.59 Å². The minimum Gasteiger partial charge on any atom is -0.389 e. The van der Waals surface area contributed by atoms with Crippen molar-refractivity contribution >= 4 is 34.8 Å². The second-order valence-corrected chi connectivity index (χ2v) is 11.5. The van der Waals surface area contributed by atoms with Crippen LogP contribution in [0, 0.1) is 5.82 Å². The van der Waals surface area contributed by atoms with E-state index in [9.17, 15) is 41.0 Å². The van der Waals surface area contributed by atoms with Crippen LogP contribution in [0.15, 0.2) is 12.1 Å². The number of amides is 2. The van der Waals surface area contributed by atoms with Crippen LogP contribution < -0.4 is 5.32 Å². The molecule has 0 aliphatic carbocycles. The molecule has 1 fully saturated rings. The minimum absolute atomic E-state index is 0.144. The lowest BCUT2D eigenvalue weighted by atomic mass is 9.80. The van der Waals surface area contributed by atoms with E-state index in [1.165, 1.54) is 18.7 Å². The van der Waals surface area contributed by atoms with Crippen LogP contribution in [0.3, 0.4) is 0 Å². The van der Waals surface area contributed by atoms with E-state index in [1.807, 2.05) is 0 Å². The maximum Gasteiger partial charge on any atom is 0.406 e. The molecule has 39 heavy (non-hydrogen) atoms. The SMILES string of the molecule is C[C@H]1CCCN1C(=O)c1nc(C(=O)NCC(C)(C)O)sc1-c1ccc(C(C)(C(F)(F)F)C(F)(F)F)c(Cl)c1F. The standard InChI is InChI=1S/C24H25ClF7N3O3S/c1-11-6-5-9-35(11)20(37)16-17(39-19(34-16)18(36)33-10-21(2,3)38)12-7-8-13(14(25)15(12)26)22(4,23(27,28)29)24(30,31)32/h7-8,11,38H,5-6,9-10H2,1-4H3,(H,33,36)/t11-/m0/s1. The Morgan fingerprint density at radius 1 is 1.15 bits per heavy atom. The average molecular weight is 604 g/mol. The summed E-state index contributed by atoms with van der Waals surface area (Å²) in [6, 6.07) is 0.833. The van der Waals surface area contributed by atoms with Gasteiger partial charge in [0.1, 0.15) is 5.69 Å². The number of benzene rings is 1. The Labute approximate surface area is 228 Å². The van der Waals surface area contributed by atoms with Crippen molar-refractivity contribution in [2.45, 2.75) is 69.9 Å². The van der Waals surface area contributed by atoms with E-state index in [-0.39, 0.29) is 29.4 Å². The summed E-state index contributed by atoms with van der Waals surface area (Å²) >= 11 is 6.31. The van der Waals surface area contributed by atoms with Gasteiger partial charge in [0.05, 0.1) is 15.5 Å². The van der Waals surface area contributed by atoms with Crippen molar-refractivity contribution in [2.24, 2.45) is 0 Å². The van der Waals surface area contributed by atoms with Gasteiger partial charge in [0, 0.05) is 24.7 Å². The first-order valence-corrected chi connectivity index (χ1v) is 12.8. The summed E-state index contributed by atoms with van der Waals surface area (Å²) in [6.45, 7) is 4.56. The van der Waals surface area contributed by atoms with Crippen LogP contribution >= 0.6 is 22.9 Å². The number of hydrogen-bond donors (Lipinski definition) is 2. The molecule has 1 atom stereocenters. The molecule has 1 aliphatic heterocycles. The second-order valence-electron chi connectivity index (χ2n) is 10.1. The lowest BCUT2D eigenvalue weighted by Gasteiger charge is -2.35. The smallest absolute Gasteiger partial charge is 0.389 e. The molecule has 6 nitrogen and oxygen atoms in total. The number of aliphatic hydroxyl groups is 1. The Hall–Kier alpha value is -2.45. The summed E-state index contributed by atoms with van der Waals surface area (Å²) < 4.78 is 97.3. The van der Waals surface area contributed by atoms with Crippen molar-refractivity contribution in [2.75, 3.05) is 13.1 Å². The predicted molar refractivity (Wildman–Crippen MR) is 130 cm³/mol. The van der Waals surface area contributed by atoms with Gasteiger partial charge in [-0.15, -0.1) is 11.3 Å². The second kappa shape index (κ2) is 10.5.